The molecule has 1 aliphatic carbocycles. The van der Waals surface area contributed by atoms with Crippen molar-refractivity contribution in [2.75, 3.05) is 33.7 Å². The van der Waals surface area contributed by atoms with Crippen molar-refractivity contribution in [1.82, 2.24) is 15.1 Å². The van der Waals surface area contributed by atoms with E-state index in [0.29, 0.717) is 24.9 Å². The second-order valence-corrected chi connectivity index (χ2v) is 7.27. The summed E-state index contributed by atoms with van der Waals surface area (Å²) < 4.78 is 0. The van der Waals surface area contributed by atoms with Gasteiger partial charge in [-0.1, -0.05) is 19.8 Å². The first-order valence-corrected chi connectivity index (χ1v) is 8.70. The first-order valence-electron chi connectivity index (χ1n) is 8.70. The lowest BCUT2D eigenvalue weighted by Gasteiger charge is -2.30. The van der Waals surface area contributed by atoms with Crippen LogP contribution in [0, 0.1) is 11.8 Å². The highest BCUT2D eigenvalue weighted by Crippen LogP contribution is 2.25. The zero-order valence-corrected chi connectivity index (χ0v) is 14.3. The summed E-state index contributed by atoms with van der Waals surface area (Å²) in [5.41, 5.74) is 0. The molecule has 0 aromatic heterocycles. The SMILES string of the molecule is CC1CCCCC1NC(=O)C1CC(=O)N(CCCN(C)C)C1. The predicted octanol–water partition coefficient (Wildman–Crippen LogP) is 1.48. The van der Waals surface area contributed by atoms with E-state index in [2.05, 4.69) is 17.1 Å². The van der Waals surface area contributed by atoms with E-state index in [0.717, 1.165) is 25.9 Å². The van der Waals surface area contributed by atoms with Gasteiger partial charge in [-0.05, 0) is 45.8 Å². The van der Waals surface area contributed by atoms with Gasteiger partial charge in [0.25, 0.3) is 0 Å². The number of nitrogens with zero attached hydrogens (tertiary/aromatic N) is 2. The van der Waals surface area contributed by atoms with Crippen LogP contribution in [0.3, 0.4) is 0 Å². The van der Waals surface area contributed by atoms with Crippen molar-refractivity contribution in [3.63, 3.8) is 0 Å². The molecule has 2 fully saturated rings. The number of rotatable bonds is 6. The standard InChI is InChI=1S/C17H31N3O2/c1-13-7-4-5-8-15(13)18-17(22)14-11-16(21)20(12-14)10-6-9-19(2)3/h13-15H,4-12H2,1-3H3,(H,18,22). The lowest BCUT2D eigenvalue weighted by molar-refractivity contribution is -0.129. The average Bonchev–Trinajstić information content (AvgIpc) is 2.83. The second-order valence-electron chi connectivity index (χ2n) is 7.27. The van der Waals surface area contributed by atoms with Crippen LogP contribution in [0.2, 0.25) is 0 Å². The number of carbonyl (C=O) groups excluding carboxylic acids is 2. The zero-order valence-electron chi connectivity index (χ0n) is 14.3. The van der Waals surface area contributed by atoms with Crippen LogP contribution in [0.25, 0.3) is 0 Å². The Kier molecular flexibility index (Phi) is 6.24. The molecule has 1 aliphatic heterocycles. The minimum Gasteiger partial charge on any atom is -0.353 e. The van der Waals surface area contributed by atoms with Gasteiger partial charge in [0.05, 0.1) is 5.92 Å². The smallest absolute Gasteiger partial charge is 0.225 e. The number of hydrogen-bond donors (Lipinski definition) is 1. The van der Waals surface area contributed by atoms with Crippen LogP contribution in [0.15, 0.2) is 0 Å². The third-order valence-electron chi connectivity index (χ3n) is 5.06. The molecule has 2 aliphatic rings. The van der Waals surface area contributed by atoms with Crippen molar-refractivity contribution >= 4 is 11.8 Å². The van der Waals surface area contributed by atoms with Gasteiger partial charge in [0.15, 0.2) is 0 Å². The molecule has 2 rings (SSSR count). The first-order chi connectivity index (χ1) is 10.5. The van der Waals surface area contributed by atoms with Crippen molar-refractivity contribution in [2.45, 2.75) is 51.5 Å². The van der Waals surface area contributed by atoms with Crippen molar-refractivity contribution in [3.8, 4) is 0 Å². The van der Waals surface area contributed by atoms with Gasteiger partial charge in [0.2, 0.25) is 11.8 Å². The van der Waals surface area contributed by atoms with E-state index in [4.69, 9.17) is 0 Å². The van der Waals surface area contributed by atoms with Gasteiger partial charge in [-0.25, -0.2) is 0 Å². The fraction of sp³-hybridized carbons (Fsp3) is 0.882. The summed E-state index contributed by atoms with van der Waals surface area (Å²) in [6.45, 7) is 4.55. The molecule has 1 heterocycles. The molecular weight excluding hydrogens is 278 g/mol. The molecule has 1 saturated carbocycles. The Bertz CT molecular complexity index is 397. The molecule has 126 valence electrons. The number of amides is 2. The molecule has 0 spiro atoms. The number of nitrogens with one attached hydrogen (secondary N) is 1. The maximum atomic E-state index is 12.4. The minimum absolute atomic E-state index is 0.0854. The molecule has 0 aromatic rings. The fourth-order valence-electron chi connectivity index (χ4n) is 3.57. The summed E-state index contributed by atoms with van der Waals surface area (Å²) in [6.07, 6.45) is 6.11. The zero-order chi connectivity index (χ0) is 16.1. The van der Waals surface area contributed by atoms with Crippen LogP contribution in [-0.2, 0) is 9.59 Å². The van der Waals surface area contributed by atoms with Crippen molar-refractivity contribution in [2.24, 2.45) is 11.8 Å². The summed E-state index contributed by atoms with van der Waals surface area (Å²) in [6, 6.07) is 0.305. The number of likely N-dealkylation sites (tertiary alicyclic amines) is 1. The third kappa shape index (κ3) is 4.70. The highest BCUT2D eigenvalue weighted by atomic mass is 16.2. The Labute approximate surface area is 134 Å². The van der Waals surface area contributed by atoms with E-state index in [1.807, 2.05) is 19.0 Å². The van der Waals surface area contributed by atoms with Crippen molar-refractivity contribution < 1.29 is 9.59 Å². The number of hydrogen-bond acceptors (Lipinski definition) is 3. The summed E-state index contributed by atoms with van der Waals surface area (Å²) >= 11 is 0. The van der Waals surface area contributed by atoms with Crippen LogP contribution in [0.1, 0.15) is 45.4 Å². The Morgan fingerprint density at radius 3 is 2.73 bits per heavy atom. The van der Waals surface area contributed by atoms with Gasteiger partial charge in [0.1, 0.15) is 0 Å². The van der Waals surface area contributed by atoms with Gasteiger partial charge >= 0.3 is 0 Å². The Hall–Kier alpha value is -1.10. The Balaban J connectivity index is 1.78. The largest absolute Gasteiger partial charge is 0.353 e. The van der Waals surface area contributed by atoms with Crippen LogP contribution >= 0.6 is 0 Å². The Morgan fingerprint density at radius 2 is 2.05 bits per heavy atom. The van der Waals surface area contributed by atoms with E-state index in [1.165, 1.54) is 19.3 Å². The molecule has 0 radical (unpaired) electrons. The average molecular weight is 309 g/mol. The van der Waals surface area contributed by atoms with Gasteiger partial charge in [-0.3, -0.25) is 9.59 Å². The summed E-state index contributed by atoms with van der Waals surface area (Å²) in [5, 5.41) is 3.20. The van der Waals surface area contributed by atoms with E-state index in [-0.39, 0.29) is 17.7 Å². The monoisotopic (exact) mass is 309 g/mol. The molecule has 3 unspecified atom stereocenters. The molecule has 1 saturated heterocycles. The molecule has 3 atom stereocenters. The topological polar surface area (TPSA) is 52.7 Å². The third-order valence-corrected chi connectivity index (χ3v) is 5.06. The van der Waals surface area contributed by atoms with Crippen molar-refractivity contribution in [1.29, 1.82) is 0 Å². The predicted molar refractivity (Wildman–Crippen MR) is 87.4 cm³/mol. The lowest BCUT2D eigenvalue weighted by atomic mass is 9.85. The highest BCUT2D eigenvalue weighted by molar-refractivity contribution is 5.89. The van der Waals surface area contributed by atoms with E-state index in [1.54, 1.807) is 0 Å². The van der Waals surface area contributed by atoms with Gasteiger partial charge in [-0.15, -0.1) is 0 Å². The van der Waals surface area contributed by atoms with Crippen molar-refractivity contribution in [3.05, 3.63) is 0 Å². The van der Waals surface area contributed by atoms with Crippen LogP contribution in [-0.4, -0.2) is 61.4 Å². The molecule has 5 nitrogen and oxygen atoms in total. The molecular formula is C17H31N3O2. The minimum atomic E-state index is -0.152. The maximum Gasteiger partial charge on any atom is 0.225 e. The van der Waals surface area contributed by atoms with Crippen LogP contribution in [0.5, 0.6) is 0 Å². The highest BCUT2D eigenvalue weighted by Gasteiger charge is 2.35. The van der Waals surface area contributed by atoms with E-state index >= 15 is 0 Å². The second kappa shape index (κ2) is 7.95. The quantitative estimate of drug-likeness (QED) is 0.808. The molecule has 0 aromatic carbocycles. The van der Waals surface area contributed by atoms with Crippen LogP contribution < -0.4 is 5.32 Å². The maximum absolute atomic E-state index is 12.4. The van der Waals surface area contributed by atoms with Gasteiger partial charge in [-0.2, -0.15) is 0 Å². The molecule has 2 amide bonds. The lowest BCUT2D eigenvalue weighted by Crippen LogP contribution is -2.44. The molecule has 0 bridgehead atoms. The normalized spacial score (nSPS) is 29.2. The molecule has 5 heteroatoms. The molecule has 1 N–H and O–H groups in total. The number of carbonyl (C=O) groups is 2. The van der Waals surface area contributed by atoms with Gasteiger partial charge < -0.3 is 15.1 Å². The first kappa shape index (κ1) is 17.3. The molecule has 22 heavy (non-hydrogen) atoms. The van der Waals surface area contributed by atoms with E-state index in [9.17, 15) is 9.59 Å². The van der Waals surface area contributed by atoms with Crippen LogP contribution in [0.4, 0.5) is 0 Å². The van der Waals surface area contributed by atoms with E-state index < -0.39 is 0 Å². The summed E-state index contributed by atoms with van der Waals surface area (Å²) in [5.74, 6) is 0.629. The van der Waals surface area contributed by atoms with Gasteiger partial charge in [0, 0.05) is 25.6 Å². The fourth-order valence-corrected chi connectivity index (χ4v) is 3.57. The Morgan fingerprint density at radius 1 is 1.32 bits per heavy atom. The summed E-state index contributed by atoms with van der Waals surface area (Å²) in [4.78, 5) is 28.5. The summed E-state index contributed by atoms with van der Waals surface area (Å²) in [7, 11) is 4.07.